The molecule has 0 spiro atoms. The van der Waals surface area contributed by atoms with Crippen molar-refractivity contribution >= 4 is 18.3 Å². The predicted octanol–water partition coefficient (Wildman–Crippen LogP) is 0.792. The van der Waals surface area contributed by atoms with E-state index in [2.05, 4.69) is 10.4 Å². The average molecular weight is 247 g/mol. The Bertz CT molecular complexity index is 348. The monoisotopic (exact) mass is 246 g/mol. The van der Waals surface area contributed by atoms with Crippen molar-refractivity contribution in [1.82, 2.24) is 15.1 Å². The molecule has 1 aromatic heterocycles. The molecule has 16 heavy (non-hydrogen) atoms. The fourth-order valence-electron chi connectivity index (χ4n) is 1.08. The van der Waals surface area contributed by atoms with Crippen LogP contribution < -0.4 is 11.1 Å². The molecule has 1 amide bonds. The molecular formula is C10H19ClN4O. The lowest BCUT2D eigenvalue weighted by molar-refractivity contribution is 0.0915. The van der Waals surface area contributed by atoms with Gasteiger partial charge in [0.15, 0.2) is 0 Å². The standard InChI is InChI=1S/C10H18N4O.ClH/c1-4-14-6-8(5-12-14)9(15)13-10(2,3)7-11;/h5-6H,4,7,11H2,1-3H3,(H,13,15);1H. The fraction of sp³-hybridized carbons (Fsp3) is 0.600. The number of halogens is 1. The number of carbonyl (C=O) groups excluding carboxylic acids is 1. The predicted molar refractivity (Wildman–Crippen MR) is 65.7 cm³/mol. The second kappa shape index (κ2) is 5.86. The molecule has 0 aliphatic carbocycles. The van der Waals surface area contributed by atoms with E-state index in [1.165, 1.54) is 0 Å². The summed E-state index contributed by atoms with van der Waals surface area (Å²) in [5.74, 6) is -0.134. The largest absolute Gasteiger partial charge is 0.346 e. The van der Waals surface area contributed by atoms with Gasteiger partial charge in [-0.25, -0.2) is 0 Å². The molecule has 1 aromatic rings. The quantitative estimate of drug-likeness (QED) is 0.825. The van der Waals surface area contributed by atoms with Crippen LogP contribution in [0.15, 0.2) is 12.4 Å². The Morgan fingerprint density at radius 2 is 2.25 bits per heavy atom. The maximum absolute atomic E-state index is 11.7. The smallest absolute Gasteiger partial charge is 0.254 e. The summed E-state index contributed by atoms with van der Waals surface area (Å²) >= 11 is 0. The van der Waals surface area contributed by atoms with Crippen molar-refractivity contribution in [2.24, 2.45) is 5.73 Å². The van der Waals surface area contributed by atoms with Crippen molar-refractivity contribution < 1.29 is 4.79 Å². The minimum Gasteiger partial charge on any atom is -0.346 e. The molecule has 0 aromatic carbocycles. The highest BCUT2D eigenvalue weighted by molar-refractivity contribution is 5.94. The van der Waals surface area contributed by atoms with Gasteiger partial charge >= 0.3 is 0 Å². The zero-order valence-corrected chi connectivity index (χ0v) is 10.7. The zero-order valence-electron chi connectivity index (χ0n) is 9.86. The van der Waals surface area contributed by atoms with Crippen LogP contribution in [0.2, 0.25) is 0 Å². The van der Waals surface area contributed by atoms with Crippen molar-refractivity contribution in [3.63, 3.8) is 0 Å². The number of hydrogen-bond acceptors (Lipinski definition) is 3. The van der Waals surface area contributed by atoms with E-state index < -0.39 is 0 Å². The molecule has 0 atom stereocenters. The first-order valence-electron chi connectivity index (χ1n) is 5.03. The molecule has 1 rings (SSSR count). The molecule has 92 valence electrons. The molecule has 1 heterocycles. The van der Waals surface area contributed by atoms with Gasteiger partial charge in [-0.3, -0.25) is 9.48 Å². The third-order valence-electron chi connectivity index (χ3n) is 2.18. The Morgan fingerprint density at radius 1 is 1.62 bits per heavy atom. The third-order valence-corrected chi connectivity index (χ3v) is 2.18. The van der Waals surface area contributed by atoms with Crippen LogP contribution in [0.4, 0.5) is 0 Å². The maximum atomic E-state index is 11.7. The van der Waals surface area contributed by atoms with Gasteiger partial charge in [-0.15, -0.1) is 12.4 Å². The first-order chi connectivity index (χ1) is 6.98. The van der Waals surface area contributed by atoms with Gasteiger partial charge in [0.1, 0.15) is 0 Å². The lowest BCUT2D eigenvalue weighted by atomic mass is 10.1. The van der Waals surface area contributed by atoms with Crippen LogP contribution in [0.3, 0.4) is 0 Å². The molecule has 5 nitrogen and oxygen atoms in total. The molecule has 0 unspecified atom stereocenters. The number of rotatable bonds is 4. The Labute approximate surface area is 102 Å². The molecule has 0 saturated carbocycles. The van der Waals surface area contributed by atoms with E-state index in [9.17, 15) is 4.79 Å². The number of nitrogens with one attached hydrogen (secondary N) is 1. The van der Waals surface area contributed by atoms with Crippen molar-refractivity contribution in [3.8, 4) is 0 Å². The first kappa shape index (κ1) is 14.9. The maximum Gasteiger partial charge on any atom is 0.254 e. The van der Waals surface area contributed by atoms with Crippen molar-refractivity contribution in [1.29, 1.82) is 0 Å². The Morgan fingerprint density at radius 3 is 2.69 bits per heavy atom. The Balaban J connectivity index is 0.00000225. The number of carbonyl (C=O) groups is 1. The summed E-state index contributed by atoms with van der Waals surface area (Å²) in [5, 5.41) is 6.88. The van der Waals surface area contributed by atoms with E-state index in [1.807, 2.05) is 20.8 Å². The summed E-state index contributed by atoms with van der Waals surface area (Å²) in [6, 6.07) is 0. The van der Waals surface area contributed by atoms with E-state index in [0.29, 0.717) is 12.1 Å². The van der Waals surface area contributed by atoms with Gasteiger partial charge in [0.05, 0.1) is 11.8 Å². The number of aromatic nitrogens is 2. The lowest BCUT2D eigenvalue weighted by Crippen LogP contribution is -2.48. The molecule has 0 fully saturated rings. The van der Waals surface area contributed by atoms with Crippen molar-refractivity contribution in [2.75, 3.05) is 6.54 Å². The molecular weight excluding hydrogens is 228 g/mol. The molecule has 0 bridgehead atoms. The number of aryl methyl sites for hydroxylation is 1. The summed E-state index contributed by atoms with van der Waals surface area (Å²) in [4.78, 5) is 11.7. The molecule has 6 heteroatoms. The molecule has 0 aliphatic heterocycles. The normalized spacial score (nSPS) is 10.8. The molecule has 3 N–H and O–H groups in total. The van der Waals surface area contributed by atoms with Crippen LogP contribution in [0, 0.1) is 0 Å². The first-order valence-corrected chi connectivity index (χ1v) is 5.03. The fourth-order valence-corrected chi connectivity index (χ4v) is 1.08. The van der Waals surface area contributed by atoms with Crippen LogP contribution in [0.5, 0.6) is 0 Å². The molecule has 0 saturated heterocycles. The summed E-state index contributed by atoms with van der Waals surface area (Å²) in [5.41, 5.74) is 5.71. The van der Waals surface area contributed by atoms with Crippen LogP contribution in [0.1, 0.15) is 31.1 Å². The molecule has 0 radical (unpaired) electrons. The van der Waals surface area contributed by atoms with Gasteiger partial charge in [-0.2, -0.15) is 5.10 Å². The third kappa shape index (κ3) is 3.83. The van der Waals surface area contributed by atoms with Crippen LogP contribution in [-0.4, -0.2) is 27.8 Å². The second-order valence-electron chi connectivity index (χ2n) is 4.13. The highest BCUT2D eigenvalue weighted by Gasteiger charge is 2.19. The van der Waals surface area contributed by atoms with E-state index >= 15 is 0 Å². The van der Waals surface area contributed by atoms with Crippen LogP contribution in [0.25, 0.3) is 0 Å². The minimum atomic E-state index is -0.384. The van der Waals surface area contributed by atoms with E-state index in [1.54, 1.807) is 17.1 Å². The number of hydrogen-bond donors (Lipinski definition) is 2. The summed E-state index contributed by atoms with van der Waals surface area (Å²) in [7, 11) is 0. The zero-order chi connectivity index (χ0) is 11.5. The van der Waals surface area contributed by atoms with Gasteiger partial charge in [-0.05, 0) is 20.8 Å². The van der Waals surface area contributed by atoms with Gasteiger partial charge in [0.25, 0.3) is 5.91 Å². The Kier molecular flexibility index (Phi) is 5.47. The highest BCUT2D eigenvalue weighted by Crippen LogP contribution is 2.03. The minimum absolute atomic E-state index is 0. The van der Waals surface area contributed by atoms with Crippen LogP contribution in [-0.2, 0) is 6.54 Å². The lowest BCUT2D eigenvalue weighted by Gasteiger charge is -2.23. The van der Waals surface area contributed by atoms with Gasteiger partial charge in [-0.1, -0.05) is 0 Å². The summed E-state index contributed by atoms with van der Waals surface area (Å²) in [6.45, 7) is 6.90. The Hall–Kier alpha value is -1.07. The summed E-state index contributed by atoms with van der Waals surface area (Å²) < 4.78 is 1.71. The summed E-state index contributed by atoms with van der Waals surface area (Å²) in [6.07, 6.45) is 3.29. The van der Waals surface area contributed by atoms with E-state index in [0.717, 1.165) is 6.54 Å². The number of nitrogens with two attached hydrogens (primary N) is 1. The van der Waals surface area contributed by atoms with Crippen molar-refractivity contribution in [2.45, 2.75) is 32.9 Å². The number of nitrogens with zero attached hydrogens (tertiary/aromatic N) is 2. The topological polar surface area (TPSA) is 72.9 Å². The number of amides is 1. The highest BCUT2D eigenvalue weighted by atomic mass is 35.5. The molecule has 0 aliphatic rings. The van der Waals surface area contributed by atoms with E-state index in [4.69, 9.17) is 5.73 Å². The van der Waals surface area contributed by atoms with Gasteiger partial charge in [0.2, 0.25) is 0 Å². The second-order valence-corrected chi connectivity index (χ2v) is 4.13. The van der Waals surface area contributed by atoms with E-state index in [-0.39, 0.29) is 23.9 Å². The van der Waals surface area contributed by atoms with Gasteiger partial charge < -0.3 is 11.1 Å². The van der Waals surface area contributed by atoms with Gasteiger partial charge in [0, 0.05) is 24.8 Å². The average Bonchev–Trinajstić information content (AvgIpc) is 2.65. The van der Waals surface area contributed by atoms with Crippen molar-refractivity contribution in [3.05, 3.63) is 18.0 Å². The SMILES string of the molecule is CCn1cc(C(=O)NC(C)(C)CN)cn1.Cl. The van der Waals surface area contributed by atoms with Crippen LogP contribution >= 0.6 is 12.4 Å².